The number of aromatic hydroxyl groups is 2. The predicted molar refractivity (Wildman–Crippen MR) is 500 cm³/mol. The number of primary amides is 1. The van der Waals surface area contributed by atoms with E-state index in [0.717, 1.165) is 6.92 Å². The summed E-state index contributed by atoms with van der Waals surface area (Å²) in [5.41, 5.74) is 17.7. The predicted octanol–water partition coefficient (Wildman–Crippen LogP) is -5.58. The molecule has 0 unspecified atom stereocenters. The van der Waals surface area contributed by atoms with Crippen LogP contribution in [0, 0.1) is 35.0 Å². The monoisotopic (exact) mass is 1960 g/mol. The largest absolute Gasteiger partial charge is 0.508 e. The van der Waals surface area contributed by atoms with Crippen LogP contribution in [-0.4, -0.2) is 310 Å². The number of guanidine groups is 1. The third-order valence-corrected chi connectivity index (χ3v) is 23.4. The Morgan fingerprint density at radius 2 is 0.957 bits per heavy atom. The van der Waals surface area contributed by atoms with E-state index in [9.17, 15) is 107 Å². The number of carbonyl (C=O) groups is 19. The maximum absolute atomic E-state index is 15.3. The van der Waals surface area contributed by atoms with E-state index in [1.807, 2.05) is 0 Å². The zero-order valence-corrected chi connectivity index (χ0v) is 80.2. The number of rotatable bonds is 57. The highest BCUT2D eigenvalue weighted by Crippen LogP contribution is 2.28. The van der Waals surface area contributed by atoms with Gasteiger partial charge in [-0.1, -0.05) is 99.9 Å². The van der Waals surface area contributed by atoms with E-state index >= 15 is 14.4 Å². The van der Waals surface area contributed by atoms with E-state index in [-0.39, 0.29) is 126 Å². The molecule has 18 atom stereocenters. The number of aliphatic carboxylic acids is 2. The number of aliphatic hydroxyl groups is 2. The first-order valence-electron chi connectivity index (χ1n) is 45.8. The van der Waals surface area contributed by atoms with Crippen molar-refractivity contribution >= 4 is 131 Å². The molecule has 0 bridgehead atoms. The smallest absolute Gasteiger partial charge is 0.326 e. The molecule has 0 saturated carbocycles. The molecule has 2 fully saturated rings. The highest BCUT2D eigenvalue weighted by Gasteiger charge is 2.47. The van der Waals surface area contributed by atoms with Crippen LogP contribution < -0.4 is 97.0 Å². The average Bonchev–Trinajstić information content (AvgIpc) is 1.64. The summed E-state index contributed by atoms with van der Waals surface area (Å²) in [4.78, 5) is 274. The Morgan fingerprint density at radius 1 is 0.507 bits per heavy atom. The Kier molecular flexibility index (Phi) is 47.1. The first-order valence-corrected chi connectivity index (χ1v) is 46.4. The molecular weight excluding hydrogens is 1820 g/mol. The first kappa shape index (κ1) is 115. The van der Waals surface area contributed by atoms with Crippen molar-refractivity contribution in [1.82, 2.24) is 99.5 Å². The van der Waals surface area contributed by atoms with Crippen LogP contribution in [0.4, 0.5) is 0 Å². The molecule has 2 aliphatic heterocycles. The highest BCUT2D eigenvalue weighted by molar-refractivity contribution is 7.80. The summed E-state index contributed by atoms with van der Waals surface area (Å²) >= 11 is 4.26. The number of carboxylic acid groups (broad SMARTS) is 2. The van der Waals surface area contributed by atoms with Gasteiger partial charge in [0.2, 0.25) is 100 Å². The Balaban J connectivity index is 1.31. The lowest BCUT2D eigenvalue weighted by atomic mass is 9.96. The fourth-order valence-corrected chi connectivity index (χ4v) is 15.4. The second-order valence-electron chi connectivity index (χ2n) is 35.9. The van der Waals surface area contributed by atoms with Crippen molar-refractivity contribution in [3.05, 3.63) is 77.9 Å². The van der Waals surface area contributed by atoms with Gasteiger partial charge in [0.15, 0.2) is 5.96 Å². The third kappa shape index (κ3) is 37.3. The number of carbonyl (C=O) groups excluding carboxylic acids is 17. The molecule has 17 amide bonds. The number of phenolic OH excluding ortho intramolecular Hbond substituents is 2. The minimum absolute atomic E-state index is 0.00873. The number of amides is 17. The number of thiol groups is 1. The van der Waals surface area contributed by atoms with Crippen LogP contribution >= 0.6 is 12.6 Å². The Morgan fingerprint density at radius 3 is 1.46 bits per heavy atom. The average molecular weight is 1960 g/mol. The van der Waals surface area contributed by atoms with Crippen LogP contribution in [0.1, 0.15) is 170 Å². The van der Waals surface area contributed by atoms with E-state index in [0.29, 0.717) is 17.5 Å². The lowest BCUT2D eigenvalue weighted by molar-refractivity contribution is -0.148. The van der Waals surface area contributed by atoms with Crippen molar-refractivity contribution in [3.63, 3.8) is 0 Å². The molecule has 0 spiro atoms. The summed E-state index contributed by atoms with van der Waals surface area (Å²) in [6.07, 6.45) is -0.520. The maximum atomic E-state index is 15.3. The van der Waals surface area contributed by atoms with Crippen molar-refractivity contribution in [1.29, 1.82) is 5.41 Å². The van der Waals surface area contributed by atoms with Crippen molar-refractivity contribution in [2.75, 3.05) is 38.5 Å². The Labute approximate surface area is 803 Å². The fourth-order valence-electron chi connectivity index (χ4n) is 15.2. The van der Waals surface area contributed by atoms with E-state index in [4.69, 9.17) is 22.6 Å². The number of nitrogens with one attached hydrogen (secondary N) is 17. The number of aliphatic hydroxyl groups excluding tert-OH is 2. The van der Waals surface area contributed by atoms with Gasteiger partial charge in [0.05, 0.1) is 37.7 Å². The van der Waals surface area contributed by atoms with Gasteiger partial charge in [-0.2, -0.15) is 12.6 Å². The van der Waals surface area contributed by atoms with Crippen LogP contribution in [0.2, 0.25) is 0 Å². The van der Waals surface area contributed by atoms with E-state index in [1.165, 1.54) is 70.9 Å². The number of likely N-dealkylation sites (tertiary alicyclic amines) is 2. The van der Waals surface area contributed by atoms with Gasteiger partial charge in [-0.3, -0.25) is 91.7 Å². The molecule has 2 aromatic carbocycles. The van der Waals surface area contributed by atoms with Crippen molar-refractivity contribution < 1.29 is 122 Å². The van der Waals surface area contributed by atoms with E-state index in [2.05, 4.69) is 102 Å². The summed E-state index contributed by atoms with van der Waals surface area (Å²) in [7, 11) is 0. The van der Waals surface area contributed by atoms with Gasteiger partial charge < -0.3 is 142 Å². The molecule has 138 heavy (non-hydrogen) atoms. The number of nitrogens with zero attached hydrogens (tertiary/aromatic N) is 3. The van der Waals surface area contributed by atoms with Crippen LogP contribution in [0.3, 0.4) is 0 Å². The molecule has 49 heteroatoms. The SMILES string of the molecule is CC[C@H](C)[C@H](NC(=O)[C@@H](NC(=O)[C@H](CS)NC(=O)[C@H](CCCNC(=N)N)NC(=O)[C@H](CO)NC(=O)[C@H](CC(=O)O)NC(=O)[C@@H](N)[C@@H](C)O)C(C)C)C(=O)NCC(=O)N[C@@H](CC(C)C)C(=O)N[C@@H](Cc1ccc(O)cc1)C(=O)N[C@@H](Cc1c[nH]cn1)C(=O)N1CCC[C@H]1C(=O)N1CCC[C@H]1C(=O)N[C@@H](CC(C)C)C(=O)N[C@@H](CCC(N)=O)C(=O)N[C@H](C(=O)N[C@@H](Cc1ccc(O)cc1)C(=O)O)C(C)C. The Hall–Kier alpha value is -13.3. The molecule has 48 nitrogen and oxygen atoms in total. The number of benzene rings is 2. The van der Waals surface area contributed by atoms with Crippen molar-refractivity contribution in [2.45, 2.75) is 275 Å². The number of imidazole rings is 1. The van der Waals surface area contributed by atoms with Crippen molar-refractivity contribution in [3.8, 4) is 11.5 Å². The minimum Gasteiger partial charge on any atom is -0.508 e. The molecular formula is C89H137N23O25S. The van der Waals surface area contributed by atoms with Gasteiger partial charge in [0.25, 0.3) is 0 Å². The standard InChI is InChI=1S/C89H137N23O25S/c1-12-47(10)72(110-85(133)71(46(8)9)109-80(128)63(41-138)107-73(121)54(16-13-29-95-89(92)93)99-79(127)62(40-113)106-78(126)59(37-68(119)120)103-82(130)69(91)48(11)114)83(131)96-39-67(118)98-56(32-43(2)3)75(123)101-58(34-49-19-23-52(115)24-20-49)77(125)104-60(36-51-38-94-42-97-51)86(134)112-31-15-18-65(112)87(135)111-30-14-17-64(111)81(129)102-57(33-44(4)5)76(124)100-55(27-28-66(90)117)74(122)108-70(45(6)7)84(132)105-61(88(136)137)35-50-21-25-53(116)26-22-50/h19-26,38,42-48,54-65,69-72,113-116,138H,12-18,27-37,39-41,91H2,1-11H3,(H2,90,117)(H,94,97)(H,96,131)(H,98,118)(H,99,127)(H,100,124)(H,101,123)(H,102,129)(H,103,130)(H,104,125)(H,105,132)(H,106,126)(H,107,121)(H,108,122)(H,109,128)(H,110,133)(H,119,120)(H,136,137)(H4,92,93,95)/t47-,48+,54-,55-,56-,57-,58-,59-,60-,61-,62-,63-,64-,65-,69-,70-,71-,72-/m0/s1. The molecule has 3 aromatic rings. The lowest BCUT2D eigenvalue weighted by Gasteiger charge is -2.34. The van der Waals surface area contributed by atoms with Gasteiger partial charge in [-0.25, -0.2) is 9.78 Å². The number of aromatic amines is 1. The molecule has 764 valence electrons. The number of nitrogens with two attached hydrogens (primary N) is 3. The molecule has 3 heterocycles. The molecule has 29 N–H and O–H groups in total. The zero-order chi connectivity index (χ0) is 103. The number of aromatic nitrogens is 2. The fraction of sp³-hybridized carbons (Fsp3) is 0.607. The molecule has 0 aliphatic carbocycles. The van der Waals surface area contributed by atoms with Gasteiger partial charge in [0.1, 0.15) is 108 Å². The molecule has 0 radical (unpaired) electrons. The van der Waals surface area contributed by atoms with Crippen LogP contribution in [0.25, 0.3) is 0 Å². The minimum atomic E-state index is -1.90. The van der Waals surface area contributed by atoms with Crippen LogP contribution in [0.5, 0.6) is 11.5 Å². The number of H-pyrrole nitrogens is 1. The normalized spacial score (nSPS) is 17.0. The topological polar surface area (TPSA) is 763 Å². The summed E-state index contributed by atoms with van der Waals surface area (Å²) in [6.45, 7) is 15.8. The van der Waals surface area contributed by atoms with Gasteiger partial charge in [-0.05, 0) is 130 Å². The summed E-state index contributed by atoms with van der Waals surface area (Å²) in [5.74, 6) is -22.7. The van der Waals surface area contributed by atoms with Gasteiger partial charge in [-0.15, -0.1) is 0 Å². The van der Waals surface area contributed by atoms with Gasteiger partial charge in [0, 0.05) is 57.3 Å². The number of hydrogen-bond donors (Lipinski definition) is 27. The summed E-state index contributed by atoms with van der Waals surface area (Å²) in [6, 6.07) is -12.8. The number of carboxylic acids is 2. The number of hydrogen-bond acceptors (Lipinski definition) is 27. The van der Waals surface area contributed by atoms with Crippen LogP contribution in [-0.2, 0) is 110 Å². The highest BCUT2D eigenvalue weighted by atomic mass is 32.1. The van der Waals surface area contributed by atoms with Crippen LogP contribution in [0.15, 0.2) is 61.1 Å². The molecule has 1 aromatic heterocycles. The third-order valence-electron chi connectivity index (χ3n) is 23.0. The van der Waals surface area contributed by atoms with Crippen molar-refractivity contribution in [2.24, 2.45) is 46.8 Å². The molecule has 5 rings (SSSR count). The quantitative estimate of drug-likeness (QED) is 0.0108. The zero-order valence-electron chi connectivity index (χ0n) is 79.3. The summed E-state index contributed by atoms with van der Waals surface area (Å²) < 4.78 is 0. The summed E-state index contributed by atoms with van der Waals surface area (Å²) in [5, 5.41) is 105. The second kappa shape index (κ2) is 56.4. The van der Waals surface area contributed by atoms with E-state index < -0.39 is 271 Å². The Bertz CT molecular complexity index is 4700. The maximum Gasteiger partial charge on any atom is 0.326 e. The van der Waals surface area contributed by atoms with E-state index in [1.54, 1.807) is 69.2 Å². The lowest BCUT2D eigenvalue weighted by Crippen LogP contribution is -2.62. The number of phenols is 2. The molecule has 2 saturated heterocycles. The second-order valence-corrected chi connectivity index (χ2v) is 36.3. The molecule has 2 aliphatic rings. The first-order chi connectivity index (χ1) is 65.0. The van der Waals surface area contributed by atoms with Gasteiger partial charge >= 0.3 is 11.9 Å².